The van der Waals surface area contributed by atoms with Crippen LogP contribution >= 0.6 is 0 Å². The maximum atomic E-state index is 13.6. The van der Waals surface area contributed by atoms with Crippen molar-refractivity contribution < 1.29 is 14.4 Å². The Labute approximate surface area is 109 Å². The van der Waals surface area contributed by atoms with Crippen molar-refractivity contribution in [3.05, 3.63) is 35.3 Å². The van der Waals surface area contributed by atoms with Crippen LogP contribution in [0.4, 0.5) is 10.1 Å². The molecule has 1 aromatic carbocycles. The lowest BCUT2D eigenvalue weighted by molar-refractivity contribution is 0.0707. The molecule has 0 aliphatic heterocycles. The van der Waals surface area contributed by atoms with Crippen molar-refractivity contribution >= 4 is 22.5 Å². The van der Waals surface area contributed by atoms with E-state index in [0.29, 0.717) is 16.6 Å². The van der Waals surface area contributed by atoms with E-state index in [0.717, 1.165) is 11.8 Å². The summed E-state index contributed by atoms with van der Waals surface area (Å²) in [5, 5.41) is 9.25. The summed E-state index contributed by atoms with van der Waals surface area (Å²) in [4.78, 5) is 17.7. The van der Waals surface area contributed by atoms with Crippen LogP contribution in [-0.2, 0) is 0 Å². The average molecular weight is 263 g/mol. The van der Waals surface area contributed by atoms with Crippen LogP contribution in [0.15, 0.2) is 18.2 Å². The first-order valence-corrected chi connectivity index (χ1v) is 5.66. The molecule has 2 aromatic rings. The zero-order chi connectivity index (χ0) is 14.2. The van der Waals surface area contributed by atoms with Gasteiger partial charge in [-0.1, -0.05) is 0 Å². The number of hydroxylamine groups is 1. The minimum absolute atomic E-state index is 0.00398. The number of rotatable bonds is 2. The first-order chi connectivity index (χ1) is 8.93. The van der Waals surface area contributed by atoms with Crippen LogP contribution in [0.5, 0.6) is 0 Å². The number of hydrogen-bond acceptors (Lipinski definition) is 4. The molecule has 0 atom stereocenters. The number of aromatic nitrogens is 1. The van der Waals surface area contributed by atoms with Gasteiger partial charge in [0.05, 0.1) is 11.1 Å². The minimum Gasteiger partial charge on any atom is -0.377 e. The van der Waals surface area contributed by atoms with Gasteiger partial charge in [-0.05, 0) is 25.1 Å². The van der Waals surface area contributed by atoms with E-state index in [1.54, 1.807) is 6.92 Å². The van der Waals surface area contributed by atoms with Gasteiger partial charge in [0.2, 0.25) is 0 Å². The second-order valence-electron chi connectivity index (χ2n) is 4.47. The van der Waals surface area contributed by atoms with Gasteiger partial charge in [-0.3, -0.25) is 15.0 Å². The standard InChI is InChI=1S/C13H14FN3O2/c1-7-4-11(17(2)3)9-5-8(14)6-10(12(9)15-7)13(18)16-19/h4-6,19H,1-3H3,(H,16,18). The van der Waals surface area contributed by atoms with Crippen LogP contribution < -0.4 is 10.4 Å². The lowest BCUT2D eigenvalue weighted by atomic mass is 10.1. The van der Waals surface area contributed by atoms with Gasteiger partial charge >= 0.3 is 0 Å². The average Bonchev–Trinajstić information content (AvgIpc) is 2.36. The molecule has 19 heavy (non-hydrogen) atoms. The molecular formula is C13H14FN3O2. The van der Waals surface area contributed by atoms with Gasteiger partial charge in [-0.25, -0.2) is 9.87 Å². The fourth-order valence-corrected chi connectivity index (χ4v) is 2.00. The Morgan fingerprint density at radius 2 is 2.05 bits per heavy atom. The first-order valence-electron chi connectivity index (χ1n) is 5.66. The van der Waals surface area contributed by atoms with Gasteiger partial charge in [0, 0.05) is 30.9 Å². The molecule has 0 unspecified atom stereocenters. The number of hydrogen-bond donors (Lipinski definition) is 2. The Balaban J connectivity index is 2.88. The zero-order valence-electron chi connectivity index (χ0n) is 10.9. The molecule has 0 aliphatic carbocycles. The number of fused-ring (bicyclic) bond motifs is 1. The lowest BCUT2D eigenvalue weighted by Crippen LogP contribution is -2.20. The molecule has 0 radical (unpaired) electrons. The van der Waals surface area contributed by atoms with Crippen LogP contribution in [0.2, 0.25) is 0 Å². The first kappa shape index (κ1) is 13.2. The van der Waals surface area contributed by atoms with Gasteiger partial charge in [-0.15, -0.1) is 0 Å². The predicted molar refractivity (Wildman–Crippen MR) is 70.0 cm³/mol. The second-order valence-corrected chi connectivity index (χ2v) is 4.47. The van der Waals surface area contributed by atoms with Crippen molar-refractivity contribution in [1.82, 2.24) is 10.5 Å². The summed E-state index contributed by atoms with van der Waals surface area (Å²) in [6, 6.07) is 4.19. The predicted octanol–water partition coefficient (Wildman–Crippen LogP) is 1.87. The van der Waals surface area contributed by atoms with Crippen LogP contribution in [0.1, 0.15) is 16.1 Å². The maximum absolute atomic E-state index is 13.6. The van der Waals surface area contributed by atoms with E-state index >= 15 is 0 Å². The van der Waals surface area contributed by atoms with Crippen LogP contribution in [-0.4, -0.2) is 30.2 Å². The summed E-state index contributed by atoms with van der Waals surface area (Å²) >= 11 is 0. The summed E-state index contributed by atoms with van der Waals surface area (Å²) in [5.74, 6) is -1.34. The molecule has 0 aliphatic rings. The SMILES string of the molecule is Cc1cc(N(C)C)c2cc(F)cc(C(=O)NO)c2n1. The lowest BCUT2D eigenvalue weighted by Gasteiger charge is -2.17. The number of halogens is 1. The van der Waals surface area contributed by atoms with Gasteiger partial charge in [0.1, 0.15) is 5.82 Å². The second kappa shape index (κ2) is 4.81. The third-order valence-corrected chi connectivity index (χ3v) is 2.81. The Bertz CT molecular complexity index is 656. The summed E-state index contributed by atoms with van der Waals surface area (Å²) in [6.45, 7) is 1.79. The minimum atomic E-state index is -0.785. The van der Waals surface area contributed by atoms with Crippen molar-refractivity contribution in [1.29, 1.82) is 0 Å². The molecule has 0 saturated heterocycles. The van der Waals surface area contributed by atoms with Crippen LogP contribution in [0.25, 0.3) is 10.9 Å². The zero-order valence-corrected chi connectivity index (χ0v) is 10.9. The number of amides is 1. The van der Waals surface area contributed by atoms with Crippen LogP contribution in [0, 0.1) is 12.7 Å². The third-order valence-electron chi connectivity index (χ3n) is 2.81. The van der Waals surface area contributed by atoms with Crippen molar-refractivity contribution in [3.63, 3.8) is 0 Å². The molecule has 1 amide bonds. The number of nitrogens with zero attached hydrogens (tertiary/aromatic N) is 2. The molecule has 6 heteroatoms. The monoisotopic (exact) mass is 263 g/mol. The Hall–Kier alpha value is -2.21. The molecule has 1 heterocycles. The molecule has 5 nitrogen and oxygen atoms in total. The number of aryl methyl sites for hydroxylation is 1. The summed E-state index contributed by atoms with van der Waals surface area (Å²) in [6.07, 6.45) is 0. The largest absolute Gasteiger partial charge is 0.377 e. The third kappa shape index (κ3) is 2.34. The van der Waals surface area contributed by atoms with E-state index in [2.05, 4.69) is 4.98 Å². The Morgan fingerprint density at radius 3 is 2.63 bits per heavy atom. The number of carbonyl (C=O) groups excluding carboxylic acids is 1. The fraction of sp³-hybridized carbons (Fsp3) is 0.231. The normalized spacial score (nSPS) is 10.6. The van der Waals surface area contributed by atoms with Crippen molar-refractivity contribution in [2.24, 2.45) is 0 Å². The van der Waals surface area contributed by atoms with E-state index in [1.165, 1.54) is 11.5 Å². The number of nitrogens with one attached hydrogen (secondary N) is 1. The highest BCUT2D eigenvalue weighted by Gasteiger charge is 2.16. The maximum Gasteiger partial charge on any atom is 0.276 e. The Kier molecular flexibility index (Phi) is 3.35. The van der Waals surface area contributed by atoms with Gasteiger partial charge in [-0.2, -0.15) is 0 Å². The summed E-state index contributed by atoms with van der Waals surface area (Å²) in [5.41, 5.74) is 3.33. The highest BCUT2D eigenvalue weighted by Crippen LogP contribution is 2.28. The summed E-state index contributed by atoms with van der Waals surface area (Å²) in [7, 11) is 3.65. The fourth-order valence-electron chi connectivity index (χ4n) is 2.00. The molecular weight excluding hydrogens is 249 g/mol. The molecule has 0 fully saturated rings. The van der Waals surface area contributed by atoms with Crippen molar-refractivity contribution in [2.75, 3.05) is 19.0 Å². The van der Waals surface area contributed by atoms with Gasteiger partial charge in [0.25, 0.3) is 5.91 Å². The number of pyridine rings is 1. The number of carbonyl (C=O) groups is 1. The van der Waals surface area contributed by atoms with Crippen molar-refractivity contribution in [2.45, 2.75) is 6.92 Å². The topological polar surface area (TPSA) is 65.5 Å². The van der Waals surface area contributed by atoms with E-state index < -0.39 is 11.7 Å². The highest BCUT2D eigenvalue weighted by atomic mass is 19.1. The van der Waals surface area contributed by atoms with E-state index in [9.17, 15) is 9.18 Å². The number of benzene rings is 1. The van der Waals surface area contributed by atoms with Gasteiger partial charge in [0.15, 0.2) is 0 Å². The van der Waals surface area contributed by atoms with E-state index in [1.807, 2.05) is 25.1 Å². The number of anilines is 1. The quantitative estimate of drug-likeness (QED) is 0.641. The van der Waals surface area contributed by atoms with Gasteiger partial charge < -0.3 is 4.90 Å². The molecule has 1 aromatic heterocycles. The molecule has 0 spiro atoms. The van der Waals surface area contributed by atoms with Crippen LogP contribution in [0.3, 0.4) is 0 Å². The van der Waals surface area contributed by atoms with E-state index in [-0.39, 0.29) is 5.56 Å². The summed E-state index contributed by atoms with van der Waals surface area (Å²) < 4.78 is 13.6. The molecule has 100 valence electrons. The van der Waals surface area contributed by atoms with E-state index in [4.69, 9.17) is 5.21 Å². The molecule has 0 saturated carbocycles. The Morgan fingerprint density at radius 1 is 1.37 bits per heavy atom. The smallest absolute Gasteiger partial charge is 0.276 e. The van der Waals surface area contributed by atoms with Crippen molar-refractivity contribution in [3.8, 4) is 0 Å². The molecule has 2 rings (SSSR count). The molecule has 0 bridgehead atoms. The highest BCUT2D eigenvalue weighted by molar-refractivity contribution is 6.08. The molecule has 2 N–H and O–H groups in total.